The Morgan fingerprint density at radius 1 is 1.11 bits per heavy atom. The number of Topliss-reactive ketones (excluding diaryl/α,β-unsaturated/α-hetero) is 1. The second-order valence-electron chi connectivity index (χ2n) is 6.34. The lowest BCUT2D eigenvalue weighted by atomic mass is 10.1. The lowest BCUT2D eigenvalue weighted by Crippen LogP contribution is -2.15. The molecule has 0 unspecified atom stereocenters. The van der Waals surface area contributed by atoms with E-state index >= 15 is 0 Å². The number of hydrogen-bond donors (Lipinski definition) is 1. The summed E-state index contributed by atoms with van der Waals surface area (Å²) >= 11 is 1.34. The summed E-state index contributed by atoms with van der Waals surface area (Å²) in [6.07, 6.45) is 0. The Kier molecular flexibility index (Phi) is 6.26. The van der Waals surface area contributed by atoms with Crippen LogP contribution in [0.25, 0.3) is 11.4 Å². The number of amides is 1. The molecule has 1 amide bonds. The molecule has 0 bridgehead atoms. The third kappa shape index (κ3) is 4.48. The van der Waals surface area contributed by atoms with E-state index < -0.39 is 0 Å². The first-order chi connectivity index (χ1) is 13.5. The number of anilines is 1. The molecule has 0 spiro atoms. The topological polar surface area (TPSA) is 76.9 Å². The van der Waals surface area contributed by atoms with E-state index in [0.717, 1.165) is 17.0 Å². The van der Waals surface area contributed by atoms with E-state index in [4.69, 9.17) is 0 Å². The molecular weight excluding hydrogens is 372 g/mol. The van der Waals surface area contributed by atoms with Crippen LogP contribution >= 0.6 is 11.8 Å². The van der Waals surface area contributed by atoms with Gasteiger partial charge < -0.3 is 9.88 Å². The Balaban J connectivity index is 1.69. The number of aromatic nitrogens is 3. The van der Waals surface area contributed by atoms with Crippen LogP contribution in [0.4, 0.5) is 5.69 Å². The molecule has 1 N–H and O–H groups in total. The Morgan fingerprint density at radius 3 is 2.61 bits per heavy atom. The van der Waals surface area contributed by atoms with Crippen molar-refractivity contribution in [2.24, 2.45) is 0 Å². The van der Waals surface area contributed by atoms with Crippen LogP contribution < -0.4 is 5.32 Å². The number of carbonyl (C=O) groups is 2. The molecular formula is C21H22N4O2S. The van der Waals surface area contributed by atoms with E-state index in [-0.39, 0.29) is 17.4 Å². The molecule has 1 heterocycles. The van der Waals surface area contributed by atoms with E-state index in [1.54, 1.807) is 24.3 Å². The molecule has 0 saturated heterocycles. The minimum atomic E-state index is -0.159. The van der Waals surface area contributed by atoms with E-state index in [9.17, 15) is 9.59 Å². The fraction of sp³-hybridized carbons (Fsp3) is 0.238. The van der Waals surface area contributed by atoms with Crippen molar-refractivity contribution in [3.63, 3.8) is 0 Å². The third-order valence-electron chi connectivity index (χ3n) is 4.30. The molecule has 0 atom stereocenters. The fourth-order valence-corrected chi connectivity index (χ4v) is 3.65. The van der Waals surface area contributed by atoms with Gasteiger partial charge in [-0.3, -0.25) is 9.59 Å². The molecule has 7 heteroatoms. The average molecular weight is 395 g/mol. The van der Waals surface area contributed by atoms with Crippen LogP contribution in [0.15, 0.2) is 53.7 Å². The van der Waals surface area contributed by atoms with Crippen LogP contribution in [0.3, 0.4) is 0 Å². The number of benzene rings is 2. The van der Waals surface area contributed by atoms with Crippen LogP contribution in [-0.2, 0) is 11.3 Å². The lowest BCUT2D eigenvalue weighted by molar-refractivity contribution is -0.113. The zero-order valence-corrected chi connectivity index (χ0v) is 16.9. The first-order valence-electron chi connectivity index (χ1n) is 9.02. The van der Waals surface area contributed by atoms with Crippen molar-refractivity contribution in [3.8, 4) is 11.4 Å². The molecule has 28 heavy (non-hydrogen) atoms. The Labute approximate surface area is 168 Å². The normalized spacial score (nSPS) is 10.7. The molecule has 3 aromatic rings. The fourth-order valence-electron chi connectivity index (χ4n) is 2.85. The van der Waals surface area contributed by atoms with Crippen molar-refractivity contribution < 1.29 is 9.59 Å². The van der Waals surface area contributed by atoms with Crippen molar-refractivity contribution in [1.82, 2.24) is 14.8 Å². The Bertz CT molecular complexity index is 1010. The Morgan fingerprint density at radius 2 is 1.89 bits per heavy atom. The highest BCUT2D eigenvalue weighted by atomic mass is 32.2. The molecule has 6 nitrogen and oxygen atoms in total. The number of thioether (sulfide) groups is 1. The summed E-state index contributed by atoms with van der Waals surface area (Å²) < 4.78 is 2.01. The van der Waals surface area contributed by atoms with Gasteiger partial charge in [0.15, 0.2) is 16.8 Å². The van der Waals surface area contributed by atoms with Gasteiger partial charge in [-0.1, -0.05) is 48.2 Å². The molecule has 0 aliphatic heterocycles. The molecule has 0 aliphatic carbocycles. The summed E-state index contributed by atoms with van der Waals surface area (Å²) in [5.41, 5.74) is 3.34. The van der Waals surface area contributed by atoms with Crippen LogP contribution in [-0.4, -0.2) is 32.2 Å². The maximum Gasteiger partial charge on any atom is 0.234 e. The molecule has 144 valence electrons. The number of ketones is 1. The zero-order chi connectivity index (χ0) is 20.1. The maximum atomic E-state index is 12.3. The second-order valence-corrected chi connectivity index (χ2v) is 7.28. The van der Waals surface area contributed by atoms with E-state index in [1.165, 1.54) is 18.7 Å². The maximum absolute atomic E-state index is 12.3. The lowest BCUT2D eigenvalue weighted by Gasteiger charge is -2.09. The first-order valence-corrected chi connectivity index (χ1v) is 10.0. The van der Waals surface area contributed by atoms with Crippen molar-refractivity contribution in [2.45, 2.75) is 32.5 Å². The summed E-state index contributed by atoms with van der Waals surface area (Å²) in [4.78, 5) is 23.8. The molecule has 0 aliphatic rings. The minimum absolute atomic E-state index is 0.0368. The number of aryl methyl sites for hydroxylation is 1. The zero-order valence-electron chi connectivity index (χ0n) is 16.1. The predicted octanol–water partition coefficient (Wildman–Crippen LogP) is 4.21. The summed E-state index contributed by atoms with van der Waals surface area (Å²) in [6, 6.07) is 15.0. The van der Waals surface area contributed by atoms with Gasteiger partial charge in [-0.05, 0) is 38.5 Å². The van der Waals surface area contributed by atoms with Gasteiger partial charge >= 0.3 is 0 Å². The monoisotopic (exact) mass is 394 g/mol. The number of rotatable bonds is 7. The van der Waals surface area contributed by atoms with E-state index in [2.05, 4.69) is 15.5 Å². The molecule has 3 rings (SSSR count). The molecule has 1 aromatic heterocycles. The van der Waals surface area contributed by atoms with Gasteiger partial charge in [0.05, 0.1) is 5.75 Å². The smallest absolute Gasteiger partial charge is 0.234 e. The summed E-state index contributed by atoms with van der Waals surface area (Å²) in [7, 11) is 0. The van der Waals surface area contributed by atoms with Crippen LogP contribution in [0, 0.1) is 6.92 Å². The van der Waals surface area contributed by atoms with Crippen molar-refractivity contribution in [3.05, 3.63) is 59.7 Å². The highest BCUT2D eigenvalue weighted by molar-refractivity contribution is 7.99. The van der Waals surface area contributed by atoms with Gasteiger partial charge in [-0.2, -0.15) is 0 Å². The quantitative estimate of drug-likeness (QED) is 0.480. The van der Waals surface area contributed by atoms with Crippen LogP contribution in [0.5, 0.6) is 0 Å². The van der Waals surface area contributed by atoms with Gasteiger partial charge in [0.2, 0.25) is 5.91 Å². The van der Waals surface area contributed by atoms with Crippen molar-refractivity contribution in [2.75, 3.05) is 11.1 Å². The second kappa shape index (κ2) is 8.84. The molecule has 0 radical (unpaired) electrons. The van der Waals surface area contributed by atoms with E-state index in [0.29, 0.717) is 23.0 Å². The predicted molar refractivity (Wildman–Crippen MR) is 112 cm³/mol. The highest BCUT2D eigenvalue weighted by Crippen LogP contribution is 2.26. The summed E-state index contributed by atoms with van der Waals surface area (Å²) in [6.45, 7) is 6.28. The van der Waals surface area contributed by atoms with Crippen LogP contribution in [0.1, 0.15) is 29.8 Å². The summed E-state index contributed by atoms with van der Waals surface area (Å²) in [5, 5.41) is 12.1. The standard InChI is InChI=1S/C21H22N4O2S/c1-4-25-20(18-11-6-5-8-14(18)2)23-24-21(25)28-13-19(27)22-17-10-7-9-16(12-17)15(3)26/h5-12H,4,13H2,1-3H3,(H,22,27). The molecule has 2 aromatic carbocycles. The summed E-state index contributed by atoms with van der Waals surface area (Å²) in [5.74, 6) is 0.813. The van der Waals surface area contributed by atoms with Gasteiger partial charge in [0.1, 0.15) is 0 Å². The first kappa shape index (κ1) is 19.8. The largest absolute Gasteiger partial charge is 0.325 e. The van der Waals surface area contributed by atoms with Crippen molar-refractivity contribution >= 4 is 29.1 Å². The van der Waals surface area contributed by atoms with Crippen molar-refractivity contribution in [1.29, 1.82) is 0 Å². The van der Waals surface area contributed by atoms with Gasteiger partial charge in [-0.25, -0.2) is 0 Å². The highest BCUT2D eigenvalue weighted by Gasteiger charge is 2.16. The number of carbonyl (C=O) groups excluding carboxylic acids is 2. The number of nitrogens with zero attached hydrogens (tertiary/aromatic N) is 3. The average Bonchev–Trinajstić information content (AvgIpc) is 3.09. The molecule has 0 saturated carbocycles. The minimum Gasteiger partial charge on any atom is -0.325 e. The van der Waals surface area contributed by atoms with Gasteiger partial charge in [0.25, 0.3) is 0 Å². The van der Waals surface area contributed by atoms with Gasteiger partial charge in [0, 0.05) is 23.4 Å². The number of hydrogen-bond acceptors (Lipinski definition) is 5. The van der Waals surface area contributed by atoms with E-state index in [1.807, 2.05) is 42.7 Å². The molecule has 0 fully saturated rings. The Hall–Kier alpha value is -2.93. The SMILES string of the molecule is CCn1c(SCC(=O)Nc2cccc(C(C)=O)c2)nnc1-c1ccccc1C. The van der Waals surface area contributed by atoms with Gasteiger partial charge in [-0.15, -0.1) is 10.2 Å². The third-order valence-corrected chi connectivity index (χ3v) is 5.27. The van der Waals surface area contributed by atoms with Crippen LogP contribution in [0.2, 0.25) is 0 Å². The number of nitrogens with one attached hydrogen (secondary N) is 1.